The van der Waals surface area contributed by atoms with Gasteiger partial charge in [-0.2, -0.15) is 0 Å². The number of nitrogen functional groups attached to an aromatic ring is 1. The number of para-hydroxylation sites is 1. The van der Waals surface area contributed by atoms with Crippen molar-refractivity contribution in [3.05, 3.63) is 77.9 Å². The fraction of sp³-hybridized carbons (Fsp3) is 0.333. The van der Waals surface area contributed by atoms with Crippen molar-refractivity contribution in [1.29, 1.82) is 0 Å². The van der Waals surface area contributed by atoms with E-state index in [1.165, 1.54) is 6.42 Å². The zero-order valence-corrected chi connectivity index (χ0v) is 21.7. The normalized spacial score (nSPS) is 13.9. The molecule has 0 radical (unpaired) electrons. The Morgan fingerprint density at radius 1 is 1.05 bits per heavy atom. The van der Waals surface area contributed by atoms with Gasteiger partial charge in [-0.25, -0.2) is 4.98 Å². The van der Waals surface area contributed by atoms with Crippen molar-refractivity contribution >= 4 is 22.9 Å². The number of nitrogens with two attached hydrogens (primary N) is 1. The molecule has 1 fully saturated rings. The number of anilines is 1. The lowest BCUT2D eigenvalue weighted by atomic mass is 9.93. The van der Waals surface area contributed by atoms with Gasteiger partial charge in [-0.15, -0.1) is 0 Å². The van der Waals surface area contributed by atoms with Gasteiger partial charge in [0.1, 0.15) is 17.2 Å². The van der Waals surface area contributed by atoms with Crippen LogP contribution in [0.1, 0.15) is 48.0 Å². The number of aliphatic hydroxyl groups is 1. The number of hydrogen-bond acceptors (Lipinski definition) is 6. The number of carbonyl (C=O) groups excluding carboxylic acids is 1. The lowest BCUT2D eigenvalue weighted by Gasteiger charge is -2.34. The fourth-order valence-corrected chi connectivity index (χ4v) is 5.28. The van der Waals surface area contributed by atoms with Crippen LogP contribution in [0.25, 0.3) is 11.0 Å². The van der Waals surface area contributed by atoms with Crippen LogP contribution in [0.2, 0.25) is 0 Å². The minimum absolute atomic E-state index is 0.0742. The Morgan fingerprint density at radius 3 is 2.58 bits per heavy atom. The second-order valence-corrected chi connectivity index (χ2v) is 9.67. The van der Waals surface area contributed by atoms with Crippen LogP contribution in [0.3, 0.4) is 0 Å². The summed E-state index contributed by atoms with van der Waals surface area (Å²) in [5.74, 6) is 2.20. The highest BCUT2D eigenvalue weighted by Crippen LogP contribution is 2.30. The minimum Gasteiger partial charge on any atom is -0.496 e. The van der Waals surface area contributed by atoms with E-state index in [9.17, 15) is 9.90 Å². The number of amides is 1. The Morgan fingerprint density at radius 2 is 1.84 bits per heavy atom. The number of carbonyl (C=O) groups is 1. The third kappa shape index (κ3) is 5.45. The van der Waals surface area contributed by atoms with Crippen LogP contribution >= 0.6 is 0 Å². The van der Waals surface area contributed by atoms with Crippen molar-refractivity contribution in [2.24, 2.45) is 0 Å². The summed E-state index contributed by atoms with van der Waals surface area (Å²) >= 11 is 0. The second kappa shape index (κ2) is 11.6. The lowest BCUT2D eigenvalue weighted by Crippen LogP contribution is -2.43. The third-order valence-electron chi connectivity index (χ3n) is 7.18. The van der Waals surface area contributed by atoms with Gasteiger partial charge in [0.25, 0.3) is 5.91 Å². The van der Waals surface area contributed by atoms with Crippen LogP contribution in [0.5, 0.6) is 17.2 Å². The zero-order valence-electron chi connectivity index (χ0n) is 21.7. The van der Waals surface area contributed by atoms with Crippen molar-refractivity contribution in [3.63, 3.8) is 0 Å². The van der Waals surface area contributed by atoms with E-state index < -0.39 is 0 Å². The third-order valence-corrected chi connectivity index (χ3v) is 7.18. The largest absolute Gasteiger partial charge is 0.496 e. The molecule has 4 aromatic rings. The fourth-order valence-electron chi connectivity index (χ4n) is 5.28. The smallest absolute Gasteiger partial charge is 0.257 e. The number of aromatic nitrogens is 2. The summed E-state index contributed by atoms with van der Waals surface area (Å²) in [4.78, 5) is 20.1. The molecule has 8 nitrogen and oxygen atoms in total. The molecule has 0 saturated heterocycles. The van der Waals surface area contributed by atoms with Crippen molar-refractivity contribution in [2.45, 2.75) is 44.7 Å². The Hall–Kier alpha value is -4.04. The van der Waals surface area contributed by atoms with Crippen LogP contribution in [-0.4, -0.2) is 51.8 Å². The van der Waals surface area contributed by atoms with Crippen molar-refractivity contribution in [1.82, 2.24) is 14.5 Å². The van der Waals surface area contributed by atoms with E-state index in [1.54, 1.807) is 7.11 Å². The minimum atomic E-state index is -0.119. The standard InChI is InChI=1S/C30H34N4O4/c1-37-28-15-12-21(18-25(28)29(36)33(16-17-35)22-8-4-2-5-9-22)20-34-27-19-24(13-14-26(27)32-30(34)31)38-23-10-6-3-7-11-23/h3,6-7,10-15,18-19,22,35H,2,4-5,8-9,16-17,20H2,1H3,(H2,31,32). The molecule has 1 aromatic heterocycles. The van der Waals surface area contributed by atoms with Crippen LogP contribution in [0, 0.1) is 0 Å². The summed E-state index contributed by atoms with van der Waals surface area (Å²) in [7, 11) is 1.57. The predicted molar refractivity (Wildman–Crippen MR) is 148 cm³/mol. The number of fused-ring (bicyclic) bond motifs is 1. The summed E-state index contributed by atoms with van der Waals surface area (Å²) in [5, 5.41) is 9.70. The summed E-state index contributed by atoms with van der Waals surface area (Å²) in [5.41, 5.74) is 9.30. The number of imidazole rings is 1. The maximum absolute atomic E-state index is 13.7. The van der Waals surface area contributed by atoms with Gasteiger partial charge in [0, 0.05) is 18.7 Å². The number of rotatable bonds is 9. The van der Waals surface area contributed by atoms with Gasteiger partial charge < -0.3 is 29.8 Å². The number of nitrogens with zero attached hydrogens (tertiary/aromatic N) is 3. The van der Waals surface area contributed by atoms with E-state index >= 15 is 0 Å². The number of benzene rings is 3. The van der Waals surface area contributed by atoms with Gasteiger partial charge in [0.2, 0.25) is 5.95 Å². The molecule has 1 saturated carbocycles. The van der Waals surface area contributed by atoms with Gasteiger partial charge in [-0.3, -0.25) is 4.79 Å². The van der Waals surface area contributed by atoms with E-state index in [4.69, 9.17) is 15.2 Å². The first-order valence-corrected chi connectivity index (χ1v) is 13.1. The monoisotopic (exact) mass is 514 g/mol. The van der Waals surface area contributed by atoms with E-state index in [0.717, 1.165) is 48.0 Å². The molecular formula is C30H34N4O4. The molecule has 1 aliphatic carbocycles. The first kappa shape index (κ1) is 25.6. The number of aliphatic hydroxyl groups excluding tert-OH is 1. The average molecular weight is 515 g/mol. The molecule has 1 aliphatic rings. The molecule has 0 unspecified atom stereocenters. The topological polar surface area (TPSA) is 103 Å². The Kier molecular flexibility index (Phi) is 7.79. The molecule has 3 N–H and O–H groups in total. The summed E-state index contributed by atoms with van der Waals surface area (Å²) in [6.07, 6.45) is 5.30. The van der Waals surface area contributed by atoms with E-state index in [1.807, 2.05) is 76.2 Å². The Bertz CT molecular complexity index is 1400. The highest BCUT2D eigenvalue weighted by atomic mass is 16.5. The molecule has 1 heterocycles. The first-order chi connectivity index (χ1) is 18.6. The van der Waals surface area contributed by atoms with Gasteiger partial charge in [0.15, 0.2) is 0 Å². The summed E-state index contributed by atoms with van der Waals surface area (Å²) in [6.45, 7) is 0.653. The molecule has 5 rings (SSSR count). The first-order valence-electron chi connectivity index (χ1n) is 13.1. The van der Waals surface area contributed by atoms with Gasteiger partial charge in [-0.1, -0.05) is 43.5 Å². The van der Waals surface area contributed by atoms with Crippen LogP contribution in [0.15, 0.2) is 66.7 Å². The van der Waals surface area contributed by atoms with Gasteiger partial charge in [-0.05, 0) is 54.8 Å². The molecule has 3 aromatic carbocycles. The number of ether oxygens (including phenoxy) is 2. The van der Waals surface area contributed by atoms with Crippen molar-refractivity contribution < 1.29 is 19.4 Å². The SMILES string of the molecule is COc1ccc(Cn2c(N)nc3ccc(Oc4ccccc4)cc32)cc1C(=O)N(CCO)C1CCCCC1. The Balaban J connectivity index is 1.45. The highest BCUT2D eigenvalue weighted by molar-refractivity contribution is 5.97. The van der Waals surface area contributed by atoms with Crippen molar-refractivity contribution in [2.75, 3.05) is 26.0 Å². The Labute approximate surface area is 222 Å². The van der Waals surface area contributed by atoms with Crippen LogP contribution in [0.4, 0.5) is 5.95 Å². The second-order valence-electron chi connectivity index (χ2n) is 9.67. The van der Waals surface area contributed by atoms with Gasteiger partial charge >= 0.3 is 0 Å². The van der Waals surface area contributed by atoms with E-state index in [-0.39, 0.29) is 18.6 Å². The zero-order chi connectivity index (χ0) is 26.5. The maximum atomic E-state index is 13.7. The molecule has 8 heteroatoms. The van der Waals surface area contributed by atoms with E-state index in [2.05, 4.69) is 4.98 Å². The van der Waals surface area contributed by atoms with Crippen molar-refractivity contribution in [3.8, 4) is 17.2 Å². The molecule has 0 atom stereocenters. The molecule has 0 aliphatic heterocycles. The lowest BCUT2D eigenvalue weighted by molar-refractivity contribution is 0.0582. The summed E-state index contributed by atoms with van der Waals surface area (Å²) < 4.78 is 13.5. The van der Waals surface area contributed by atoms with E-state index in [0.29, 0.717) is 36.1 Å². The number of hydrogen-bond donors (Lipinski definition) is 2. The van der Waals surface area contributed by atoms with Crippen LogP contribution in [-0.2, 0) is 6.54 Å². The molecule has 0 spiro atoms. The maximum Gasteiger partial charge on any atom is 0.257 e. The molecule has 1 amide bonds. The average Bonchev–Trinajstić information content (AvgIpc) is 3.26. The quantitative estimate of drug-likeness (QED) is 0.317. The molecule has 38 heavy (non-hydrogen) atoms. The highest BCUT2D eigenvalue weighted by Gasteiger charge is 2.28. The predicted octanol–water partition coefficient (Wildman–Crippen LogP) is 5.23. The van der Waals surface area contributed by atoms with Gasteiger partial charge in [0.05, 0.1) is 36.9 Å². The molecular weight excluding hydrogens is 480 g/mol. The molecule has 0 bridgehead atoms. The summed E-state index contributed by atoms with van der Waals surface area (Å²) in [6, 6.07) is 21.0. The molecule has 198 valence electrons. The number of methoxy groups -OCH3 is 1. The van der Waals surface area contributed by atoms with Crippen LogP contribution < -0.4 is 15.2 Å².